The lowest BCUT2D eigenvalue weighted by Crippen LogP contribution is -1.90. The second-order valence-electron chi connectivity index (χ2n) is 4.02. The molecule has 0 aliphatic rings. The summed E-state index contributed by atoms with van der Waals surface area (Å²) >= 11 is 3.47. The van der Waals surface area contributed by atoms with Gasteiger partial charge in [-0.05, 0) is 48.2 Å². The minimum absolute atomic E-state index is 1.11. The molecule has 0 heterocycles. The van der Waals surface area contributed by atoms with Crippen LogP contribution in [-0.2, 0) is 0 Å². The highest BCUT2D eigenvalue weighted by atomic mass is 79.9. The summed E-state index contributed by atoms with van der Waals surface area (Å²) in [5.74, 6) is 0. The van der Waals surface area contributed by atoms with E-state index in [0.717, 1.165) is 4.47 Å². The molecule has 0 amide bonds. The number of hydrogen-bond acceptors (Lipinski definition) is 0. The molecule has 2 aromatic rings. The molecule has 86 valence electrons. The molecule has 0 aliphatic carbocycles. The molecule has 0 saturated heterocycles. The Balaban J connectivity index is 2.49. The predicted molar refractivity (Wildman–Crippen MR) is 78.1 cm³/mol. The summed E-state index contributed by atoms with van der Waals surface area (Å²) < 4.78 is 1.11. The molecular weight excluding hydrogens is 272 g/mol. The molecule has 0 aromatic heterocycles. The van der Waals surface area contributed by atoms with Crippen LogP contribution in [-0.4, -0.2) is 0 Å². The Morgan fingerprint density at radius 1 is 1.00 bits per heavy atom. The highest BCUT2D eigenvalue weighted by Crippen LogP contribution is 2.26. The van der Waals surface area contributed by atoms with Crippen molar-refractivity contribution >= 4 is 21.5 Å². The molecule has 0 nitrogen and oxygen atoms in total. The highest BCUT2D eigenvalue weighted by molar-refractivity contribution is 9.10. The molecule has 17 heavy (non-hydrogen) atoms. The van der Waals surface area contributed by atoms with E-state index >= 15 is 0 Å². The van der Waals surface area contributed by atoms with E-state index in [0.29, 0.717) is 0 Å². The van der Waals surface area contributed by atoms with Crippen LogP contribution in [0, 0.1) is 6.92 Å². The van der Waals surface area contributed by atoms with E-state index in [-0.39, 0.29) is 0 Å². The third-order valence-electron chi connectivity index (χ3n) is 2.88. The van der Waals surface area contributed by atoms with Crippen LogP contribution in [0.5, 0.6) is 0 Å². The first-order chi connectivity index (χ1) is 8.22. The fourth-order valence-corrected chi connectivity index (χ4v) is 2.25. The van der Waals surface area contributed by atoms with Crippen LogP contribution < -0.4 is 0 Å². The lowest BCUT2D eigenvalue weighted by molar-refractivity contribution is 1.40. The molecule has 0 unspecified atom stereocenters. The maximum Gasteiger partial charge on any atom is 0.0175 e. The average Bonchev–Trinajstić information content (AvgIpc) is 2.35. The standard InChI is InChI=1S/C16H15Br/c1-3-15(13-8-10-14(17)11-9-13)16-7-5-4-6-12(16)2/h3-11H,1-2H3. The zero-order valence-corrected chi connectivity index (χ0v) is 11.7. The summed E-state index contributed by atoms with van der Waals surface area (Å²) in [5.41, 5.74) is 5.15. The van der Waals surface area contributed by atoms with Crippen LogP contribution in [0.1, 0.15) is 23.6 Å². The summed E-state index contributed by atoms with van der Waals surface area (Å²) in [5, 5.41) is 0. The van der Waals surface area contributed by atoms with E-state index in [1.54, 1.807) is 0 Å². The fraction of sp³-hybridized carbons (Fsp3) is 0.125. The summed E-state index contributed by atoms with van der Waals surface area (Å²) in [7, 11) is 0. The Kier molecular flexibility index (Phi) is 3.80. The number of allylic oxidation sites excluding steroid dienone is 1. The van der Waals surface area contributed by atoms with E-state index in [9.17, 15) is 0 Å². The zero-order chi connectivity index (χ0) is 12.3. The van der Waals surface area contributed by atoms with E-state index in [1.807, 2.05) is 0 Å². The molecule has 0 atom stereocenters. The van der Waals surface area contributed by atoms with Crippen molar-refractivity contribution in [2.45, 2.75) is 13.8 Å². The van der Waals surface area contributed by atoms with E-state index < -0.39 is 0 Å². The van der Waals surface area contributed by atoms with Crippen LogP contribution >= 0.6 is 15.9 Å². The number of rotatable bonds is 2. The maximum atomic E-state index is 3.47. The second kappa shape index (κ2) is 5.33. The van der Waals surface area contributed by atoms with E-state index in [4.69, 9.17) is 0 Å². The van der Waals surface area contributed by atoms with Crippen molar-refractivity contribution in [2.24, 2.45) is 0 Å². The van der Waals surface area contributed by atoms with Gasteiger partial charge in [-0.1, -0.05) is 58.4 Å². The van der Waals surface area contributed by atoms with Crippen molar-refractivity contribution in [3.8, 4) is 0 Å². The summed E-state index contributed by atoms with van der Waals surface area (Å²) in [4.78, 5) is 0. The molecule has 0 spiro atoms. The van der Waals surface area contributed by atoms with Crippen LogP contribution in [0.15, 0.2) is 59.1 Å². The molecule has 1 heteroatoms. The molecule has 2 aromatic carbocycles. The molecule has 0 saturated carbocycles. The minimum Gasteiger partial charge on any atom is -0.0792 e. The third kappa shape index (κ3) is 2.67. The van der Waals surface area contributed by atoms with Crippen molar-refractivity contribution in [3.63, 3.8) is 0 Å². The first kappa shape index (κ1) is 12.1. The van der Waals surface area contributed by atoms with Gasteiger partial charge in [-0.3, -0.25) is 0 Å². The molecule has 2 rings (SSSR count). The van der Waals surface area contributed by atoms with Gasteiger partial charge in [-0.2, -0.15) is 0 Å². The van der Waals surface area contributed by atoms with Gasteiger partial charge in [0.05, 0.1) is 0 Å². The van der Waals surface area contributed by atoms with Crippen LogP contribution in [0.2, 0.25) is 0 Å². The molecule has 0 aliphatic heterocycles. The van der Waals surface area contributed by atoms with Crippen molar-refractivity contribution in [1.82, 2.24) is 0 Å². The van der Waals surface area contributed by atoms with Crippen LogP contribution in [0.3, 0.4) is 0 Å². The monoisotopic (exact) mass is 286 g/mol. The Morgan fingerprint density at radius 3 is 2.24 bits per heavy atom. The number of halogens is 1. The lowest BCUT2D eigenvalue weighted by Gasteiger charge is -2.10. The summed E-state index contributed by atoms with van der Waals surface area (Å²) in [6.07, 6.45) is 2.17. The topological polar surface area (TPSA) is 0 Å². The summed E-state index contributed by atoms with van der Waals surface area (Å²) in [6, 6.07) is 16.9. The van der Waals surface area contributed by atoms with Gasteiger partial charge >= 0.3 is 0 Å². The van der Waals surface area contributed by atoms with Crippen molar-refractivity contribution < 1.29 is 0 Å². The molecule has 0 bridgehead atoms. The van der Waals surface area contributed by atoms with Crippen LogP contribution in [0.4, 0.5) is 0 Å². The number of benzene rings is 2. The molecule has 0 fully saturated rings. The van der Waals surface area contributed by atoms with Crippen molar-refractivity contribution in [3.05, 3.63) is 75.8 Å². The first-order valence-corrected chi connectivity index (χ1v) is 6.50. The normalized spacial score (nSPS) is 11.6. The summed E-state index contributed by atoms with van der Waals surface area (Å²) in [6.45, 7) is 4.24. The average molecular weight is 287 g/mol. The first-order valence-electron chi connectivity index (χ1n) is 5.70. The molecule has 0 N–H and O–H groups in total. The fourth-order valence-electron chi connectivity index (χ4n) is 1.98. The molecule has 0 radical (unpaired) electrons. The van der Waals surface area contributed by atoms with Crippen molar-refractivity contribution in [2.75, 3.05) is 0 Å². The van der Waals surface area contributed by atoms with Gasteiger partial charge in [-0.25, -0.2) is 0 Å². The van der Waals surface area contributed by atoms with Gasteiger partial charge in [0, 0.05) is 4.47 Å². The lowest BCUT2D eigenvalue weighted by atomic mass is 9.94. The van der Waals surface area contributed by atoms with E-state index in [2.05, 4.69) is 84.4 Å². The van der Waals surface area contributed by atoms with Crippen LogP contribution in [0.25, 0.3) is 5.57 Å². The van der Waals surface area contributed by atoms with Gasteiger partial charge in [-0.15, -0.1) is 0 Å². The van der Waals surface area contributed by atoms with E-state index in [1.165, 1.54) is 22.3 Å². The Hall–Kier alpha value is -1.34. The number of hydrogen-bond donors (Lipinski definition) is 0. The number of aryl methyl sites for hydroxylation is 1. The molecular formula is C16H15Br. The minimum atomic E-state index is 1.11. The Labute approximate surface area is 111 Å². The SMILES string of the molecule is CC=C(c1ccc(Br)cc1)c1ccccc1C. The van der Waals surface area contributed by atoms with Gasteiger partial charge in [0.25, 0.3) is 0 Å². The second-order valence-corrected chi connectivity index (χ2v) is 4.94. The smallest absolute Gasteiger partial charge is 0.0175 e. The quantitative estimate of drug-likeness (QED) is 0.711. The predicted octanol–water partition coefficient (Wildman–Crippen LogP) is 5.21. The van der Waals surface area contributed by atoms with Gasteiger partial charge in [0.1, 0.15) is 0 Å². The third-order valence-corrected chi connectivity index (χ3v) is 3.41. The van der Waals surface area contributed by atoms with Gasteiger partial charge in [0.2, 0.25) is 0 Å². The maximum absolute atomic E-state index is 3.47. The van der Waals surface area contributed by atoms with Gasteiger partial charge < -0.3 is 0 Å². The van der Waals surface area contributed by atoms with Gasteiger partial charge in [0.15, 0.2) is 0 Å². The van der Waals surface area contributed by atoms with Crippen molar-refractivity contribution in [1.29, 1.82) is 0 Å². The Morgan fingerprint density at radius 2 is 1.65 bits per heavy atom. The Bertz CT molecular complexity index is 536. The zero-order valence-electron chi connectivity index (χ0n) is 10.1. The largest absolute Gasteiger partial charge is 0.0792 e. The highest BCUT2D eigenvalue weighted by Gasteiger charge is 2.05.